The van der Waals surface area contributed by atoms with E-state index in [1.165, 1.54) is 25.7 Å². The monoisotopic (exact) mass is 327 g/mol. The van der Waals surface area contributed by atoms with Gasteiger partial charge in [-0.2, -0.15) is 0 Å². The average molecular weight is 328 g/mol. The largest absolute Gasteiger partial charge is 0.444 e. The number of ether oxygens (including phenoxy) is 1. The number of likely N-dealkylation sites (tertiary alicyclic amines) is 1. The number of alkyl carbamates (subject to hydrolysis) is 1. The number of nitrogens with two attached hydrogens (primary N) is 1. The molecule has 1 rings (SSSR count). The van der Waals surface area contributed by atoms with Gasteiger partial charge in [-0.3, -0.25) is 4.90 Å². The highest BCUT2D eigenvalue weighted by Gasteiger charge is 2.35. The molecule has 0 radical (unpaired) electrons. The van der Waals surface area contributed by atoms with Crippen molar-refractivity contribution < 1.29 is 9.53 Å². The molecule has 0 saturated carbocycles. The van der Waals surface area contributed by atoms with Crippen LogP contribution in [0.4, 0.5) is 4.79 Å². The van der Waals surface area contributed by atoms with Gasteiger partial charge in [-0.25, -0.2) is 4.79 Å². The Morgan fingerprint density at radius 3 is 2.17 bits per heavy atom. The van der Waals surface area contributed by atoms with E-state index < -0.39 is 5.60 Å². The number of nitrogens with zero attached hydrogens (tertiary/aromatic N) is 1. The molecule has 3 N–H and O–H groups in total. The molecule has 1 aliphatic heterocycles. The summed E-state index contributed by atoms with van der Waals surface area (Å²) in [5, 5.41) is 2.95. The maximum Gasteiger partial charge on any atom is 0.407 e. The molecule has 23 heavy (non-hydrogen) atoms. The van der Waals surface area contributed by atoms with Crippen molar-refractivity contribution in [3.8, 4) is 0 Å². The zero-order chi connectivity index (χ0) is 17.7. The Hall–Kier alpha value is -0.810. The Morgan fingerprint density at radius 2 is 1.78 bits per heavy atom. The van der Waals surface area contributed by atoms with E-state index in [1.807, 2.05) is 27.7 Å². The van der Waals surface area contributed by atoms with Crippen LogP contribution in [0, 0.1) is 5.41 Å². The molecule has 0 aliphatic carbocycles. The summed E-state index contributed by atoms with van der Waals surface area (Å²) in [4.78, 5) is 14.4. The van der Waals surface area contributed by atoms with Crippen molar-refractivity contribution in [2.24, 2.45) is 11.1 Å². The molecular formula is C18H37N3O2. The first-order valence-electron chi connectivity index (χ1n) is 9.10. The van der Waals surface area contributed by atoms with Crippen LogP contribution < -0.4 is 11.1 Å². The zero-order valence-electron chi connectivity index (χ0n) is 15.9. The van der Waals surface area contributed by atoms with Crippen LogP contribution in [0.2, 0.25) is 0 Å². The van der Waals surface area contributed by atoms with Gasteiger partial charge in [0.25, 0.3) is 0 Å². The van der Waals surface area contributed by atoms with Gasteiger partial charge >= 0.3 is 6.09 Å². The molecule has 1 saturated heterocycles. The van der Waals surface area contributed by atoms with Crippen LogP contribution in [-0.4, -0.2) is 48.3 Å². The summed E-state index contributed by atoms with van der Waals surface area (Å²) in [6.45, 7) is 14.9. The van der Waals surface area contributed by atoms with Crippen molar-refractivity contribution in [1.82, 2.24) is 10.2 Å². The van der Waals surface area contributed by atoms with Crippen LogP contribution in [0.15, 0.2) is 0 Å². The van der Waals surface area contributed by atoms with Crippen LogP contribution in [0.25, 0.3) is 0 Å². The van der Waals surface area contributed by atoms with E-state index in [4.69, 9.17) is 10.5 Å². The summed E-state index contributed by atoms with van der Waals surface area (Å²) in [6, 6.07) is 0.139. The number of hydrogen-bond donors (Lipinski definition) is 2. The Balaban J connectivity index is 2.58. The highest BCUT2D eigenvalue weighted by atomic mass is 16.6. The third-order valence-corrected chi connectivity index (χ3v) is 5.39. The van der Waals surface area contributed by atoms with Gasteiger partial charge in [0.05, 0.1) is 0 Å². The van der Waals surface area contributed by atoms with Crippen molar-refractivity contribution in [2.75, 3.05) is 19.6 Å². The third kappa shape index (κ3) is 5.96. The lowest BCUT2D eigenvalue weighted by molar-refractivity contribution is 0.0375. The normalized spacial score (nSPS) is 21.5. The number of hydrogen-bond acceptors (Lipinski definition) is 4. The molecule has 5 nitrogen and oxygen atoms in total. The van der Waals surface area contributed by atoms with Gasteiger partial charge < -0.3 is 15.8 Å². The summed E-state index contributed by atoms with van der Waals surface area (Å²) in [7, 11) is 0. The molecule has 1 fully saturated rings. The second kappa shape index (κ2) is 8.34. The van der Waals surface area contributed by atoms with Gasteiger partial charge in [-0.15, -0.1) is 0 Å². The lowest BCUT2D eigenvalue weighted by atomic mass is 9.74. The van der Waals surface area contributed by atoms with Gasteiger partial charge in [-0.1, -0.05) is 26.7 Å². The van der Waals surface area contributed by atoms with Crippen LogP contribution in [0.3, 0.4) is 0 Å². The third-order valence-electron chi connectivity index (χ3n) is 5.39. The Bertz CT molecular complexity index is 365. The molecule has 1 aliphatic rings. The smallest absolute Gasteiger partial charge is 0.407 e. The predicted octanol–water partition coefficient (Wildman–Crippen LogP) is 3.13. The molecule has 2 unspecified atom stereocenters. The first kappa shape index (κ1) is 20.2. The summed E-state index contributed by atoms with van der Waals surface area (Å²) < 4.78 is 5.35. The first-order chi connectivity index (χ1) is 10.7. The quantitative estimate of drug-likeness (QED) is 0.786. The second-order valence-corrected chi connectivity index (χ2v) is 7.98. The van der Waals surface area contributed by atoms with Crippen molar-refractivity contribution in [1.29, 1.82) is 0 Å². The fourth-order valence-electron chi connectivity index (χ4n) is 3.55. The molecule has 136 valence electrons. The number of nitrogens with one attached hydrogen (secondary N) is 1. The van der Waals surface area contributed by atoms with E-state index >= 15 is 0 Å². The fraction of sp³-hybridized carbons (Fsp3) is 0.944. The van der Waals surface area contributed by atoms with Crippen LogP contribution in [0.5, 0.6) is 0 Å². The maximum atomic E-state index is 12.0. The molecule has 1 amide bonds. The lowest BCUT2D eigenvalue weighted by Crippen LogP contribution is -2.57. The average Bonchev–Trinajstić information content (AvgIpc) is 2.47. The minimum absolute atomic E-state index is 0.0226. The van der Waals surface area contributed by atoms with Crippen LogP contribution in [-0.2, 0) is 4.74 Å². The predicted molar refractivity (Wildman–Crippen MR) is 95.5 cm³/mol. The molecule has 5 heteroatoms. The Morgan fingerprint density at radius 1 is 1.26 bits per heavy atom. The molecule has 0 aromatic heterocycles. The van der Waals surface area contributed by atoms with Crippen molar-refractivity contribution in [2.45, 2.75) is 84.9 Å². The first-order valence-corrected chi connectivity index (χ1v) is 9.10. The Labute approximate surface area is 142 Å². The van der Waals surface area contributed by atoms with Crippen molar-refractivity contribution >= 4 is 6.09 Å². The summed E-state index contributed by atoms with van der Waals surface area (Å²) >= 11 is 0. The van der Waals surface area contributed by atoms with Crippen molar-refractivity contribution in [3.63, 3.8) is 0 Å². The zero-order valence-corrected chi connectivity index (χ0v) is 15.9. The topological polar surface area (TPSA) is 67.6 Å². The molecule has 0 aromatic carbocycles. The van der Waals surface area contributed by atoms with Crippen LogP contribution in [0.1, 0.15) is 67.2 Å². The van der Waals surface area contributed by atoms with Gasteiger partial charge in [0, 0.05) is 18.6 Å². The number of carbonyl (C=O) groups is 1. The summed E-state index contributed by atoms with van der Waals surface area (Å²) in [5.41, 5.74) is 6.03. The van der Waals surface area contributed by atoms with E-state index in [0.29, 0.717) is 12.0 Å². The highest BCUT2D eigenvalue weighted by Crippen LogP contribution is 2.38. The molecule has 0 bridgehead atoms. The molecular weight excluding hydrogens is 290 g/mol. The molecule has 2 atom stereocenters. The van der Waals surface area contributed by atoms with E-state index in [0.717, 1.165) is 13.1 Å². The van der Waals surface area contributed by atoms with E-state index in [2.05, 4.69) is 24.1 Å². The molecule has 0 spiro atoms. The number of carbonyl (C=O) groups excluding carboxylic acids is 1. The maximum absolute atomic E-state index is 12.0. The highest BCUT2D eigenvalue weighted by molar-refractivity contribution is 5.68. The van der Waals surface area contributed by atoms with Gasteiger partial charge in [0.2, 0.25) is 0 Å². The summed E-state index contributed by atoms with van der Waals surface area (Å²) in [6.07, 6.45) is 4.56. The number of rotatable bonds is 6. The molecule has 0 aromatic rings. The fourth-order valence-corrected chi connectivity index (χ4v) is 3.55. The van der Waals surface area contributed by atoms with E-state index in [1.54, 1.807) is 0 Å². The van der Waals surface area contributed by atoms with Gasteiger partial charge in [0.1, 0.15) is 5.60 Å². The minimum atomic E-state index is -0.477. The summed E-state index contributed by atoms with van der Waals surface area (Å²) in [5.74, 6) is 0. The molecule has 1 heterocycles. The van der Waals surface area contributed by atoms with Crippen molar-refractivity contribution in [3.05, 3.63) is 0 Å². The number of amides is 1. The minimum Gasteiger partial charge on any atom is -0.444 e. The van der Waals surface area contributed by atoms with Gasteiger partial charge in [-0.05, 0) is 59.0 Å². The second-order valence-electron chi connectivity index (χ2n) is 7.98. The van der Waals surface area contributed by atoms with Crippen LogP contribution >= 0.6 is 0 Å². The Kier molecular flexibility index (Phi) is 7.33. The lowest BCUT2D eigenvalue weighted by Gasteiger charge is -2.45. The SMILES string of the molecule is CCC1(CC)CCN(C(CN)C(C)NC(=O)OC(C)(C)C)CC1. The van der Waals surface area contributed by atoms with Gasteiger partial charge in [0.15, 0.2) is 0 Å². The number of piperidine rings is 1. The van der Waals surface area contributed by atoms with E-state index in [-0.39, 0.29) is 18.2 Å². The van der Waals surface area contributed by atoms with E-state index in [9.17, 15) is 4.79 Å². The standard InChI is InChI=1S/C18H37N3O2/c1-7-18(8-2)9-11-21(12-10-18)15(13-19)14(3)20-16(22)23-17(4,5)6/h14-15H,7-13,19H2,1-6H3,(H,20,22).